The van der Waals surface area contributed by atoms with Crippen molar-refractivity contribution < 1.29 is 9.90 Å². The highest BCUT2D eigenvalue weighted by Crippen LogP contribution is 2.21. The van der Waals surface area contributed by atoms with E-state index in [1.165, 1.54) is 12.3 Å². The zero-order chi connectivity index (χ0) is 14.4. The Morgan fingerprint density at radius 2 is 2.21 bits per heavy atom. The Morgan fingerprint density at radius 1 is 1.53 bits per heavy atom. The second-order valence-corrected chi connectivity index (χ2v) is 3.56. The Morgan fingerprint density at radius 3 is 2.84 bits per heavy atom. The smallest absolute Gasteiger partial charge is 0.272 e. The summed E-state index contributed by atoms with van der Waals surface area (Å²) in [5, 5.41) is 12.4. The first kappa shape index (κ1) is 15.4. The van der Waals surface area contributed by atoms with Crippen LogP contribution in [0.5, 0.6) is 5.75 Å². The lowest BCUT2D eigenvalue weighted by atomic mass is 10.2. The van der Waals surface area contributed by atoms with Crippen LogP contribution in [0.25, 0.3) is 10.9 Å². The molecule has 0 aromatic carbocycles. The van der Waals surface area contributed by atoms with E-state index >= 15 is 0 Å². The van der Waals surface area contributed by atoms with Gasteiger partial charge in [-0.2, -0.15) is 25.3 Å². The molecule has 0 aliphatic carbocycles. The molecule has 102 valence electrons. The Kier molecular flexibility index (Phi) is 5.71. The zero-order valence-electron chi connectivity index (χ0n) is 10.0. The zero-order valence-corrected chi connectivity index (χ0v) is 11.8. The summed E-state index contributed by atoms with van der Waals surface area (Å²) in [6, 6.07) is 3.09. The lowest BCUT2D eigenvalue weighted by Gasteiger charge is -2.06. The number of hydrogen-bond donors (Lipinski definition) is 5. The molecule has 1 amide bonds. The van der Waals surface area contributed by atoms with E-state index in [9.17, 15) is 14.7 Å². The first-order valence-electron chi connectivity index (χ1n) is 5.19. The molecule has 0 saturated heterocycles. The Bertz CT molecular complexity index is 643. The van der Waals surface area contributed by atoms with Gasteiger partial charge in [-0.3, -0.25) is 14.6 Å². The van der Waals surface area contributed by atoms with Crippen molar-refractivity contribution >= 4 is 42.1 Å². The van der Waals surface area contributed by atoms with Gasteiger partial charge in [0.15, 0.2) is 11.4 Å². The Balaban J connectivity index is 0.000000861. The van der Waals surface area contributed by atoms with Crippen LogP contribution in [-0.2, 0) is 0 Å². The molecular weight excluding hydrogens is 286 g/mol. The lowest BCUT2D eigenvalue weighted by Crippen LogP contribution is -2.25. The van der Waals surface area contributed by atoms with Crippen LogP contribution in [0.15, 0.2) is 23.1 Å². The van der Waals surface area contributed by atoms with Crippen molar-refractivity contribution in [3.8, 4) is 5.75 Å². The number of aromatic hydroxyl groups is 1. The van der Waals surface area contributed by atoms with Crippen LogP contribution in [0.1, 0.15) is 10.5 Å². The number of pyridine rings is 2. The maximum Gasteiger partial charge on any atom is 0.272 e. The summed E-state index contributed by atoms with van der Waals surface area (Å²) < 4.78 is 0. The molecule has 0 fully saturated rings. The molecule has 2 aromatic heterocycles. The average molecular weight is 299 g/mol. The van der Waals surface area contributed by atoms with Gasteiger partial charge >= 0.3 is 0 Å². The van der Waals surface area contributed by atoms with E-state index in [4.69, 9.17) is 0 Å². The SMILES string of the molecule is CS.O=C(NCS)c1[nH]c(=O)c2cccnc2c1O. The van der Waals surface area contributed by atoms with Gasteiger partial charge in [-0.25, -0.2) is 0 Å². The first-order chi connectivity index (χ1) is 9.15. The quantitative estimate of drug-likeness (QED) is 0.418. The van der Waals surface area contributed by atoms with E-state index in [2.05, 4.69) is 40.5 Å². The predicted octanol–water partition coefficient (Wildman–Crippen LogP) is 0.792. The van der Waals surface area contributed by atoms with Crippen LogP contribution in [0.3, 0.4) is 0 Å². The number of aromatic nitrogens is 2. The molecule has 2 aromatic rings. The number of carbonyl (C=O) groups is 1. The number of fused-ring (bicyclic) bond motifs is 1. The van der Waals surface area contributed by atoms with E-state index in [-0.39, 0.29) is 28.2 Å². The third-order valence-electron chi connectivity index (χ3n) is 2.22. The normalized spacial score (nSPS) is 9.63. The summed E-state index contributed by atoms with van der Waals surface area (Å²) >= 11 is 7.35. The van der Waals surface area contributed by atoms with Gasteiger partial charge in [0.05, 0.1) is 11.3 Å². The molecule has 0 radical (unpaired) electrons. The lowest BCUT2D eigenvalue weighted by molar-refractivity contribution is 0.0953. The molecule has 0 bridgehead atoms. The third-order valence-corrected chi connectivity index (χ3v) is 2.38. The van der Waals surface area contributed by atoms with E-state index in [0.717, 1.165) is 0 Å². The largest absolute Gasteiger partial charge is 0.504 e. The summed E-state index contributed by atoms with van der Waals surface area (Å²) in [6.07, 6.45) is 3.13. The van der Waals surface area contributed by atoms with Gasteiger partial charge in [0, 0.05) is 6.20 Å². The summed E-state index contributed by atoms with van der Waals surface area (Å²) in [6.45, 7) is 0. The number of nitrogens with zero attached hydrogens (tertiary/aromatic N) is 1. The van der Waals surface area contributed by atoms with Crippen LogP contribution < -0.4 is 10.9 Å². The summed E-state index contributed by atoms with van der Waals surface area (Å²) in [7, 11) is 0. The van der Waals surface area contributed by atoms with E-state index in [0.29, 0.717) is 0 Å². The summed E-state index contributed by atoms with van der Waals surface area (Å²) in [5.74, 6) is -0.859. The molecule has 0 saturated carbocycles. The highest BCUT2D eigenvalue weighted by atomic mass is 32.1. The summed E-state index contributed by atoms with van der Waals surface area (Å²) in [4.78, 5) is 29.4. The van der Waals surface area contributed by atoms with Crippen molar-refractivity contribution in [3.05, 3.63) is 34.4 Å². The van der Waals surface area contributed by atoms with Gasteiger partial charge in [0.2, 0.25) is 0 Å². The van der Waals surface area contributed by atoms with Crippen LogP contribution in [0.4, 0.5) is 0 Å². The summed E-state index contributed by atoms with van der Waals surface area (Å²) in [5.41, 5.74) is -0.592. The fourth-order valence-corrected chi connectivity index (χ4v) is 1.60. The van der Waals surface area contributed by atoms with Crippen molar-refractivity contribution in [2.75, 3.05) is 12.1 Å². The van der Waals surface area contributed by atoms with Crippen molar-refractivity contribution in [1.82, 2.24) is 15.3 Å². The number of aromatic amines is 1. The molecule has 0 aliphatic rings. The first-order valence-corrected chi connectivity index (χ1v) is 6.71. The van der Waals surface area contributed by atoms with Crippen molar-refractivity contribution in [3.63, 3.8) is 0 Å². The van der Waals surface area contributed by atoms with Gasteiger partial charge in [-0.15, -0.1) is 0 Å². The highest BCUT2D eigenvalue weighted by molar-refractivity contribution is 7.80. The fraction of sp³-hybridized carbons (Fsp3) is 0.182. The minimum Gasteiger partial charge on any atom is -0.504 e. The van der Waals surface area contributed by atoms with Gasteiger partial charge in [-0.05, 0) is 18.4 Å². The van der Waals surface area contributed by atoms with E-state index in [1.54, 1.807) is 12.3 Å². The maximum atomic E-state index is 11.7. The molecule has 8 heteroatoms. The monoisotopic (exact) mass is 299 g/mol. The molecule has 0 aliphatic heterocycles. The van der Waals surface area contributed by atoms with Gasteiger partial charge in [0.25, 0.3) is 11.5 Å². The standard InChI is InChI=1S/C10H9N3O3S.CH4S/c14-8-6-5(2-1-3-11-6)9(15)13-7(8)10(16)12-4-17;1-2/h1-3,14,17H,4H2,(H,12,16)(H,13,15);2H,1H3. The predicted molar refractivity (Wildman–Crippen MR) is 80.3 cm³/mol. The number of hydrogen-bond acceptors (Lipinski definition) is 6. The number of H-pyrrole nitrogens is 1. The van der Waals surface area contributed by atoms with E-state index < -0.39 is 11.5 Å². The van der Waals surface area contributed by atoms with Crippen LogP contribution in [0.2, 0.25) is 0 Å². The van der Waals surface area contributed by atoms with Crippen LogP contribution >= 0.6 is 25.3 Å². The van der Waals surface area contributed by atoms with Gasteiger partial charge in [0.1, 0.15) is 5.52 Å². The number of carbonyl (C=O) groups excluding carboxylic acids is 1. The van der Waals surface area contributed by atoms with Crippen molar-refractivity contribution in [2.45, 2.75) is 0 Å². The molecule has 3 N–H and O–H groups in total. The third kappa shape index (κ3) is 3.21. The highest BCUT2D eigenvalue weighted by Gasteiger charge is 2.16. The Labute approximate surface area is 120 Å². The molecular formula is C11H13N3O3S2. The molecule has 6 nitrogen and oxygen atoms in total. The average Bonchev–Trinajstić information content (AvgIpc) is 2.45. The van der Waals surface area contributed by atoms with Crippen LogP contribution in [0, 0.1) is 0 Å². The topological polar surface area (TPSA) is 95.1 Å². The molecule has 0 atom stereocenters. The maximum absolute atomic E-state index is 11.7. The molecule has 19 heavy (non-hydrogen) atoms. The second-order valence-electron chi connectivity index (χ2n) is 3.24. The van der Waals surface area contributed by atoms with Gasteiger partial charge < -0.3 is 15.4 Å². The number of thiol groups is 2. The van der Waals surface area contributed by atoms with Crippen LogP contribution in [-0.4, -0.2) is 33.1 Å². The molecule has 2 rings (SSSR count). The van der Waals surface area contributed by atoms with E-state index in [1.807, 2.05) is 0 Å². The minimum absolute atomic E-state index is 0.0977. The molecule has 0 spiro atoms. The van der Waals surface area contributed by atoms with Crippen molar-refractivity contribution in [2.24, 2.45) is 0 Å². The minimum atomic E-state index is -0.609. The molecule has 2 heterocycles. The number of amides is 1. The fourth-order valence-electron chi connectivity index (χ4n) is 1.46. The Hall–Kier alpha value is -1.67. The second kappa shape index (κ2) is 7.05. The van der Waals surface area contributed by atoms with Crippen molar-refractivity contribution in [1.29, 1.82) is 0 Å². The number of nitrogens with one attached hydrogen (secondary N) is 2. The van der Waals surface area contributed by atoms with Gasteiger partial charge in [-0.1, -0.05) is 0 Å². The number of rotatable bonds is 2. The molecule has 0 unspecified atom stereocenters.